The summed E-state index contributed by atoms with van der Waals surface area (Å²) in [6, 6.07) is 2.97. The molecule has 1 aliphatic carbocycles. The Morgan fingerprint density at radius 1 is 1.37 bits per heavy atom. The molecule has 1 aromatic heterocycles. The monoisotopic (exact) mass is 344 g/mol. The van der Waals surface area contributed by atoms with Gasteiger partial charge in [0, 0.05) is 21.9 Å². The van der Waals surface area contributed by atoms with Crippen molar-refractivity contribution in [1.82, 2.24) is 10.2 Å². The summed E-state index contributed by atoms with van der Waals surface area (Å²) >= 11 is 5.39. The van der Waals surface area contributed by atoms with Crippen LogP contribution in [0.15, 0.2) is 15.9 Å². The van der Waals surface area contributed by atoms with Crippen LogP contribution in [0.5, 0.6) is 0 Å². The zero-order chi connectivity index (χ0) is 13.5. The molecule has 0 unspecified atom stereocenters. The molecule has 1 fully saturated rings. The van der Waals surface area contributed by atoms with Crippen LogP contribution < -0.4 is 5.32 Å². The summed E-state index contributed by atoms with van der Waals surface area (Å²) in [4.78, 5) is 3.97. The molecule has 1 heterocycles. The number of halogens is 1. The van der Waals surface area contributed by atoms with E-state index in [0.29, 0.717) is 0 Å². The summed E-state index contributed by atoms with van der Waals surface area (Å²) in [6.45, 7) is 3.33. The minimum atomic E-state index is 0.847. The number of hydrogen-bond donors (Lipinski definition) is 1. The SMILES string of the molecule is CN(CCCNCc1sccc1Br)C1CCCCC1. The molecule has 0 spiro atoms. The van der Waals surface area contributed by atoms with Gasteiger partial charge in [-0.2, -0.15) is 0 Å². The number of nitrogens with zero attached hydrogens (tertiary/aromatic N) is 1. The topological polar surface area (TPSA) is 15.3 Å². The average Bonchev–Trinajstić information content (AvgIpc) is 2.85. The molecule has 1 N–H and O–H groups in total. The Bertz CT molecular complexity index is 361. The van der Waals surface area contributed by atoms with Crippen LogP contribution in [0.3, 0.4) is 0 Å². The van der Waals surface area contributed by atoms with E-state index in [-0.39, 0.29) is 0 Å². The second kappa shape index (κ2) is 8.40. The minimum absolute atomic E-state index is 0.847. The fourth-order valence-corrected chi connectivity index (χ4v) is 4.27. The summed E-state index contributed by atoms with van der Waals surface area (Å²) < 4.78 is 1.24. The van der Waals surface area contributed by atoms with Gasteiger partial charge in [-0.3, -0.25) is 0 Å². The van der Waals surface area contributed by atoms with Crippen molar-refractivity contribution in [3.8, 4) is 0 Å². The van der Waals surface area contributed by atoms with E-state index in [9.17, 15) is 0 Å². The van der Waals surface area contributed by atoms with Gasteiger partial charge in [-0.15, -0.1) is 11.3 Å². The highest BCUT2D eigenvalue weighted by atomic mass is 79.9. The molecular formula is C15H25BrN2S. The fraction of sp³-hybridized carbons (Fsp3) is 0.733. The second-order valence-corrected chi connectivity index (χ2v) is 7.35. The van der Waals surface area contributed by atoms with Crippen LogP contribution in [0.4, 0.5) is 0 Å². The van der Waals surface area contributed by atoms with Crippen LogP contribution in [0, 0.1) is 0 Å². The van der Waals surface area contributed by atoms with Gasteiger partial charge in [0.05, 0.1) is 0 Å². The highest BCUT2D eigenvalue weighted by molar-refractivity contribution is 9.10. The molecule has 0 saturated heterocycles. The highest BCUT2D eigenvalue weighted by Crippen LogP contribution is 2.22. The van der Waals surface area contributed by atoms with E-state index in [0.717, 1.165) is 19.1 Å². The lowest BCUT2D eigenvalue weighted by atomic mass is 9.94. The molecule has 1 aliphatic rings. The first-order valence-corrected chi connectivity index (χ1v) is 9.07. The maximum atomic E-state index is 3.57. The Kier molecular flexibility index (Phi) is 6.85. The van der Waals surface area contributed by atoms with Crippen LogP contribution in [0.25, 0.3) is 0 Å². The van der Waals surface area contributed by atoms with Crippen LogP contribution in [-0.4, -0.2) is 31.1 Å². The van der Waals surface area contributed by atoms with E-state index in [1.807, 2.05) is 11.3 Å². The predicted octanol–water partition coefficient (Wildman–Crippen LogP) is 4.25. The molecule has 0 bridgehead atoms. The van der Waals surface area contributed by atoms with Crippen molar-refractivity contribution in [2.45, 2.75) is 51.1 Å². The van der Waals surface area contributed by atoms with Crippen molar-refractivity contribution in [2.75, 3.05) is 20.1 Å². The molecule has 2 rings (SSSR count). The number of hydrogen-bond acceptors (Lipinski definition) is 3. The third kappa shape index (κ3) is 5.18. The van der Waals surface area contributed by atoms with Crippen LogP contribution in [-0.2, 0) is 6.54 Å². The Balaban J connectivity index is 1.55. The number of nitrogens with one attached hydrogen (secondary N) is 1. The lowest BCUT2D eigenvalue weighted by molar-refractivity contribution is 0.189. The number of rotatable bonds is 7. The minimum Gasteiger partial charge on any atom is -0.312 e. The van der Waals surface area contributed by atoms with Gasteiger partial charge in [-0.1, -0.05) is 19.3 Å². The summed E-state index contributed by atoms with van der Waals surface area (Å²) in [7, 11) is 2.30. The first kappa shape index (κ1) is 15.5. The van der Waals surface area contributed by atoms with E-state index in [4.69, 9.17) is 0 Å². The fourth-order valence-electron chi connectivity index (χ4n) is 2.81. The Morgan fingerprint density at radius 3 is 2.84 bits per heavy atom. The van der Waals surface area contributed by atoms with Gasteiger partial charge in [-0.25, -0.2) is 0 Å². The molecule has 0 aliphatic heterocycles. The van der Waals surface area contributed by atoms with Crippen molar-refractivity contribution in [3.05, 3.63) is 20.8 Å². The van der Waals surface area contributed by atoms with Crippen molar-refractivity contribution < 1.29 is 0 Å². The second-order valence-electron chi connectivity index (χ2n) is 5.49. The highest BCUT2D eigenvalue weighted by Gasteiger charge is 2.17. The third-order valence-corrected chi connectivity index (χ3v) is 5.97. The lowest BCUT2D eigenvalue weighted by Crippen LogP contribution is -2.35. The molecular weight excluding hydrogens is 320 g/mol. The summed E-state index contributed by atoms with van der Waals surface area (Å²) in [5.74, 6) is 0. The molecule has 4 heteroatoms. The van der Waals surface area contributed by atoms with E-state index in [2.05, 4.69) is 44.6 Å². The van der Waals surface area contributed by atoms with Gasteiger partial charge in [0.1, 0.15) is 0 Å². The average molecular weight is 345 g/mol. The normalized spacial score (nSPS) is 17.2. The molecule has 108 valence electrons. The lowest BCUT2D eigenvalue weighted by Gasteiger charge is -2.31. The van der Waals surface area contributed by atoms with Crippen molar-refractivity contribution in [2.24, 2.45) is 0 Å². The van der Waals surface area contributed by atoms with Gasteiger partial charge in [0.15, 0.2) is 0 Å². The van der Waals surface area contributed by atoms with E-state index >= 15 is 0 Å². The van der Waals surface area contributed by atoms with Gasteiger partial charge >= 0.3 is 0 Å². The van der Waals surface area contributed by atoms with Gasteiger partial charge in [-0.05, 0) is 66.8 Å². The van der Waals surface area contributed by atoms with Crippen molar-refractivity contribution in [1.29, 1.82) is 0 Å². The molecule has 2 nitrogen and oxygen atoms in total. The van der Waals surface area contributed by atoms with Crippen molar-refractivity contribution >= 4 is 27.3 Å². The molecule has 1 aromatic rings. The smallest absolute Gasteiger partial charge is 0.0327 e. The molecule has 1 saturated carbocycles. The molecule has 0 atom stereocenters. The summed E-state index contributed by atoms with van der Waals surface area (Å²) in [5, 5.41) is 5.68. The summed E-state index contributed by atoms with van der Waals surface area (Å²) in [5.41, 5.74) is 0. The van der Waals surface area contributed by atoms with Gasteiger partial charge in [0.25, 0.3) is 0 Å². The Hall–Kier alpha value is 0.100. The first-order chi connectivity index (χ1) is 9.27. The van der Waals surface area contributed by atoms with Crippen molar-refractivity contribution in [3.63, 3.8) is 0 Å². The Morgan fingerprint density at radius 2 is 2.16 bits per heavy atom. The van der Waals surface area contributed by atoms with E-state index in [1.54, 1.807) is 0 Å². The maximum Gasteiger partial charge on any atom is 0.0327 e. The maximum absolute atomic E-state index is 3.57. The van der Waals surface area contributed by atoms with E-state index < -0.39 is 0 Å². The van der Waals surface area contributed by atoms with Gasteiger partial charge in [0.2, 0.25) is 0 Å². The quantitative estimate of drug-likeness (QED) is 0.743. The van der Waals surface area contributed by atoms with Gasteiger partial charge < -0.3 is 10.2 Å². The van der Waals surface area contributed by atoms with Crippen LogP contribution in [0.2, 0.25) is 0 Å². The first-order valence-electron chi connectivity index (χ1n) is 7.40. The predicted molar refractivity (Wildman–Crippen MR) is 87.8 cm³/mol. The molecule has 0 radical (unpaired) electrons. The molecule has 19 heavy (non-hydrogen) atoms. The van der Waals surface area contributed by atoms with Crippen LogP contribution >= 0.6 is 27.3 Å². The number of thiophene rings is 1. The zero-order valence-corrected chi connectivity index (χ0v) is 14.2. The standard InChI is InChI=1S/C15H25BrN2S/c1-18(13-6-3-2-4-7-13)10-5-9-17-12-15-14(16)8-11-19-15/h8,11,13,17H,2-7,9-10,12H2,1H3. The van der Waals surface area contributed by atoms with E-state index in [1.165, 1.54) is 54.4 Å². The summed E-state index contributed by atoms with van der Waals surface area (Å²) in [6.07, 6.45) is 8.37. The Labute approximate surface area is 129 Å². The zero-order valence-electron chi connectivity index (χ0n) is 11.8. The largest absolute Gasteiger partial charge is 0.312 e. The molecule has 0 aromatic carbocycles. The van der Waals surface area contributed by atoms with Crippen LogP contribution in [0.1, 0.15) is 43.4 Å². The third-order valence-electron chi connectivity index (χ3n) is 4.04. The molecule has 0 amide bonds.